The molecule has 0 radical (unpaired) electrons. The molecule has 0 N–H and O–H groups in total. The van der Waals surface area contributed by atoms with Crippen LogP contribution in [-0.2, 0) is 21.1 Å². The van der Waals surface area contributed by atoms with Gasteiger partial charge in [-0.1, -0.05) is 42.5 Å². The number of rotatable bonds is 4. The standard InChI is InChI=1S/C18H18FNO3S/c19-16-8-4-5-9-17(16)20(15-10-11-24(22,23)13-15)18(21)12-14-6-2-1-3-7-14/h1-9,15H,10-13H2. The summed E-state index contributed by atoms with van der Waals surface area (Å²) in [5.41, 5.74) is 0.949. The Kier molecular flexibility index (Phi) is 4.66. The topological polar surface area (TPSA) is 54.5 Å². The van der Waals surface area contributed by atoms with Gasteiger partial charge in [-0.05, 0) is 24.1 Å². The SMILES string of the molecule is O=C(Cc1ccccc1)N(c1ccccc1F)C1CCS(=O)(=O)C1. The number of carbonyl (C=O) groups is 1. The van der Waals surface area contributed by atoms with Crippen molar-refractivity contribution in [1.82, 2.24) is 0 Å². The van der Waals surface area contributed by atoms with Crippen LogP contribution in [0.3, 0.4) is 0 Å². The van der Waals surface area contributed by atoms with Gasteiger partial charge in [0.05, 0.1) is 29.7 Å². The Morgan fingerprint density at radius 3 is 2.38 bits per heavy atom. The van der Waals surface area contributed by atoms with E-state index in [2.05, 4.69) is 0 Å². The van der Waals surface area contributed by atoms with Crippen LogP contribution in [0.1, 0.15) is 12.0 Å². The lowest BCUT2D eigenvalue weighted by Crippen LogP contribution is -2.42. The van der Waals surface area contributed by atoms with Crippen LogP contribution in [0.2, 0.25) is 0 Å². The molecule has 1 unspecified atom stereocenters. The zero-order valence-electron chi connectivity index (χ0n) is 13.1. The van der Waals surface area contributed by atoms with Gasteiger partial charge >= 0.3 is 0 Å². The molecule has 1 fully saturated rings. The second kappa shape index (κ2) is 6.73. The number of benzene rings is 2. The summed E-state index contributed by atoms with van der Waals surface area (Å²) in [6.07, 6.45) is 0.433. The number of anilines is 1. The minimum atomic E-state index is -3.18. The number of carbonyl (C=O) groups excluding carboxylic acids is 1. The summed E-state index contributed by atoms with van der Waals surface area (Å²) >= 11 is 0. The van der Waals surface area contributed by atoms with Gasteiger partial charge in [-0.3, -0.25) is 4.79 Å². The third-order valence-electron chi connectivity index (χ3n) is 4.15. The second-order valence-corrected chi connectivity index (χ2v) is 8.16. The van der Waals surface area contributed by atoms with Crippen molar-refractivity contribution in [2.75, 3.05) is 16.4 Å². The van der Waals surface area contributed by atoms with Crippen LogP contribution in [0.25, 0.3) is 0 Å². The average molecular weight is 347 g/mol. The molecule has 2 aromatic carbocycles. The first-order chi connectivity index (χ1) is 11.5. The molecule has 24 heavy (non-hydrogen) atoms. The highest BCUT2D eigenvalue weighted by Crippen LogP contribution is 2.27. The summed E-state index contributed by atoms with van der Waals surface area (Å²) in [5.74, 6) is -0.917. The van der Waals surface area contributed by atoms with Crippen molar-refractivity contribution in [3.05, 3.63) is 66.0 Å². The number of nitrogens with zero attached hydrogens (tertiary/aromatic N) is 1. The van der Waals surface area contributed by atoms with Crippen LogP contribution in [-0.4, -0.2) is 31.9 Å². The minimum absolute atomic E-state index is 0.0290. The zero-order valence-corrected chi connectivity index (χ0v) is 13.9. The first-order valence-corrected chi connectivity index (χ1v) is 9.59. The van der Waals surface area contributed by atoms with E-state index in [1.807, 2.05) is 30.3 Å². The van der Waals surface area contributed by atoms with E-state index in [-0.39, 0.29) is 29.5 Å². The summed E-state index contributed by atoms with van der Waals surface area (Å²) in [6.45, 7) is 0. The van der Waals surface area contributed by atoms with Gasteiger partial charge in [-0.25, -0.2) is 12.8 Å². The first-order valence-electron chi connectivity index (χ1n) is 7.77. The zero-order chi connectivity index (χ0) is 17.2. The van der Waals surface area contributed by atoms with Gasteiger partial charge in [0.15, 0.2) is 9.84 Å². The molecule has 0 bridgehead atoms. The van der Waals surface area contributed by atoms with Gasteiger partial charge in [0, 0.05) is 0 Å². The van der Waals surface area contributed by atoms with Crippen molar-refractivity contribution in [3.63, 3.8) is 0 Å². The number of halogens is 1. The lowest BCUT2D eigenvalue weighted by atomic mass is 10.1. The first kappa shape index (κ1) is 16.6. The fourth-order valence-electron chi connectivity index (χ4n) is 3.02. The number of hydrogen-bond donors (Lipinski definition) is 0. The molecular formula is C18H18FNO3S. The van der Waals surface area contributed by atoms with Gasteiger partial charge < -0.3 is 4.90 Å². The summed E-state index contributed by atoms with van der Waals surface area (Å²) < 4.78 is 37.9. The van der Waals surface area contributed by atoms with E-state index >= 15 is 0 Å². The van der Waals surface area contributed by atoms with Gasteiger partial charge in [-0.15, -0.1) is 0 Å². The van der Waals surface area contributed by atoms with E-state index < -0.39 is 21.7 Å². The monoisotopic (exact) mass is 347 g/mol. The predicted octanol–water partition coefficient (Wildman–Crippen LogP) is 2.59. The number of para-hydroxylation sites is 1. The number of sulfone groups is 1. The van der Waals surface area contributed by atoms with Crippen LogP contribution in [0, 0.1) is 5.82 Å². The lowest BCUT2D eigenvalue weighted by Gasteiger charge is -2.29. The maximum atomic E-state index is 14.2. The van der Waals surface area contributed by atoms with E-state index in [1.165, 1.54) is 17.0 Å². The smallest absolute Gasteiger partial charge is 0.231 e. The Balaban J connectivity index is 1.93. The molecule has 1 saturated heterocycles. The van der Waals surface area contributed by atoms with Crippen molar-refractivity contribution in [1.29, 1.82) is 0 Å². The quantitative estimate of drug-likeness (QED) is 0.854. The van der Waals surface area contributed by atoms with Gasteiger partial charge in [0.1, 0.15) is 5.82 Å². The summed E-state index contributed by atoms with van der Waals surface area (Å²) in [7, 11) is -3.18. The fourth-order valence-corrected chi connectivity index (χ4v) is 4.72. The molecule has 0 aliphatic carbocycles. The summed E-state index contributed by atoms with van der Waals surface area (Å²) in [6, 6.07) is 14.6. The maximum Gasteiger partial charge on any atom is 0.231 e. The third kappa shape index (κ3) is 3.64. The predicted molar refractivity (Wildman–Crippen MR) is 91.1 cm³/mol. The molecule has 0 saturated carbocycles. The van der Waals surface area contributed by atoms with Crippen molar-refractivity contribution in [2.24, 2.45) is 0 Å². The molecule has 4 nitrogen and oxygen atoms in total. The second-order valence-electron chi connectivity index (χ2n) is 5.93. The molecule has 0 aromatic heterocycles. The maximum absolute atomic E-state index is 14.2. The number of amides is 1. The van der Waals surface area contributed by atoms with Crippen molar-refractivity contribution < 1.29 is 17.6 Å². The van der Waals surface area contributed by atoms with Crippen LogP contribution in [0.5, 0.6) is 0 Å². The molecule has 1 aliphatic rings. The van der Waals surface area contributed by atoms with Crippen molar-refractivity contribution in [3.8, 4) is 0 Å². The summed E-state index contributed by atoms with van der Waals surface area (Å²) in [5, 5.41) is 0. The van der Waals surface area contributed by atoms with Crippen LogP contribution in [0.15, 0.2) is 54.6 Å². The third-order valence-corrected chi connectivity index (χ3v) is 5.90. The Hall–Kier alpha value is -2.21. The molecule has 2 aromatic rings. The average Bonchev–Trinajstić information content (AvgIpc) is 2.90. The van der Waals surface area contributed by atoms with Crippen molar-refractivity contribution in [2.45, 2.75) is 18.9 Å². The van der Waals surface area contributed by atoms with E-state index in [4.69, 9.17) is 0 Å². The largest absolute Gasteiger partial charge is 0.305 e. The van der Waals surface area contributed by atoms with E-state index in [0.29, 0.717) is 6.42 Å². The molecule has 3 rings (SSSR count). The van der Waals surface area contributed by atoms with E-state index in [0.717, 1.165) is 5.56 Å². The Labute approximate surface area is 140 Å². The van der Waals surface area contributed by atoms with E-state index in [1.54, 1.807) is 12.1 Å². The Bertz CT molecular complexity index is 836. The highest BCUT2D eigenvalue weighted by atomic mass is 32.2. The molecule has 1 amide bonds. The van der Waals surface area contributed by atoms with Crippen molar-refractivity contribution >= 4 is 21.4 Å². The molecule has 6 heteroatoms. The highest BCUT2D eigenvalue weighted by Gasteiger charge is 2.36. The normalized spacial score (nSPS) is 19.1. The number of hydrogen-bond acceptors (Lipinski definition) is 3. The minimum Gasteiger partial charge on any atom is -0.305 e. The van der Waals surface area contributed by atoms with Gasteiger partial charge in [-0.2, -0.15) is 0 Å². The van der Waals surface area contributed by atoms with Gasteiger partial charge in [0.2, 0.25) is 5.91 Å². The molecule has 1 heterocycles. The Morgan fingerprint density at radius 1 is 1.08 bits per heavy atom. The lowest BCUT2D eigenvalue weighted by molar-refractivity contribution is -0.118. The molecule has 0 spiro atoms. The van der Waals surface area contributed by atoms with Crippen LogP contribution >= 0.6 is 0 Å². The fraction of sp³-hybridized carbons (Fsp3) is 0.278. The van der Waals surface area contributed by atoms with Crippen LogP contribution < -0.4 is 4.90 Å². The Morgan fingerprint density at radius 2 is 1.75 bits per heavy atom. The van der Waals surface area contributed by atoms with E-state index in [9.17, 15) is 17.6 Å². The highest BCUT2D eigenvalue weighted by molar-refractivity contribution is 7.91. The van der Waals surface area contributed by atoms with Gasteiger partial charge in [0.25, 0.3) is 0 Å². The molecule has 1 atom stereocenters. The summed E-state index contributed by atoms with van der Waals surface area (Å²) in [4.78, 5) is 14.2. The molecule has 1 aliphatic heterocycles. The molecular weight excluding hydrogens is 329 g/mol. The molecule has 126 valence electrons. The van der Waals surface area contributed by atoms with Crippen LogP contribution in [0.4, 0.5) is 10.1 Å².